The first kappa shape index (κ1) is 10.7. The molecule has 1 aromatic rings. The summed E-state index contributed by atoms with van der Waals surface area (Å²) in [6, 6.07) is 8.49. The molecule has 1 atom stereocenters. The largest absolute Gasteiger partial charge is 0.496 e. The molecular weight excluding hydrogens is 254 g/mol. The van der Waals surface area contributed by atoms with Crippen LogP contribution in [0.1, 0.15) is 18.0 Å². The maximum atomic E-state index is 5.58. The summed E-state index contributed by atoms with van der Waals surface area (Å²) in [7, 11) is 1.95. The van der Waals surface area contributed by atoms with Crippen LogP contribution in [0.5, 0.6) is 0 Å². The molecule has 0 radical (unpaired) electrons. The minimum Gasteiger partial charge on any atom is -0.496 e. The normalized spacial score (nSPS) is 17.1. The first-order valence-electron chi connectivity index (χ1n) is 5.07. The van der Waals surface area contributed by atoms with Crippen molar-refractivity contribution in [3.63, 3.8) is 0 Å². The number of halogens is 1. The van der Waals surface area contributed by atoms with Crippen molar-refractivity contribution in [2.45, 2.75) is 12.5 Å². The van der Waals surface area contributed by atoms with Crippen molar-refractivity contribution >= 4 is 15.9 Å². The van der Waals surface area contributed by atoms with Crippen molar-refractivity contribution in [3.8, 4) is 0 Å². The van der Waals surface area contributed by atoms with Crippen LogP contribution in [0.3, 0.4) is 0 Å². The van der Waals surface area contributed by atoms with Crippen LogP contribution in [0.4, 0.5) is 0 Å². The fraction of sp³-hybridized carbons (Fsp3) is 0.333. The quantitative estimate of drug-likeness (QED) is 0.909. The van der Waals surface area contributed by atoms with E-state index in [1.165, 1.54) is 5.56 Å². The van der Waals surface area contributed by atoms with Gasteiger partial charge in [0, 0.05) is 10.9 Å². The summed E-state index contributed by atoms with van der Waals surface area (Å²) < 4.78 is 6.68. The number of benzene rings is 1. The summed E-state index contributed by atoms with van der Waals surface area (Å²) in [6.07, 6.45) is 3.17. The van der Waals surface area contributed by atoms with Gasteiger partial charge in [-0.2, -0.15) is 0 Å². The SMILES string of the molecule is CNC(C1=CCCO1)c1ccc(Br)cc1. The van der Waals surface area contributed by atoms with E-state index in [-0.39, 0.29) is 6.04 Å². The van der Waals surface area contributed by atoms with Crippen molar-refractivity contribution in [2.24, 2.45) is 0 Å². The van der Waals surface area contributed by atoms with Gasteiger partial charge in [0.05, 0.1) is 12.6 Å². The molecule has 2 nitrogen and oxygen atoms in total. The molecule has 1 aliphatic rings. The molecule has 1 N–H and O–H groups in total. The maximum absolute atomic E-state index is 5.58. The van der Waals surface area contributed by atoms with E-state index in [1.807, 2.05) is 7.05 Å². The Balaban J connectivity index is 2.22. The highest BCUT2D eigenvalue weighted by Gasteiger charge is 2.18. The van der Waals surface area contributed by atoms with Gasteiger partial charge in [0.2, 0.25) is 0 Å². The molecule has 1 heterocycles. The summed E-state index contributed by atoms with van der Waals surface area (Å²) >= 11 is 3.43. The molecular formula is C12H14BrNO. The highest BCUT2D eigenvalue weighted by molar-refractivity contribution is 9.10. The highest BCUT2D eigenvalue weighted by Crippen LogP contribution is 2.26. The fourth-order valence-electron chi connectivity index (χ4n) is 1.77. The average molecular weight is 268 g/mol. The third-order valence-electron chi connectivity index (χ3n) is 2.51. The summed E-state index contributed by atoms with van der Waals surface area (Å²) in [5, 5.41) is 3.27. The van der Waals surface area contributed by atoms with Crippen LogP contribution < -0.4 is 5.32 Å². The Morgan fingerprint density at radius 3 is 2.60 bits per heavy atom. The second-order valence-corrected chi connectivity index (χ2v) is 4.43. The molecule has 0 spiro atoms. The first-order chi connectivity index (χ1) is 7.31. The molecule has 0 saturated carbocycles. The van der Waals surface area contributed by atoms with Crippen molar-refractivity contribution in [1.82, 2.24) is 5.32 Å². The molecule has 3 heteroatoms. The minimum absolute atomic E-state index is 0.181. The van der Waals surface area contributed by atoms with Crippen molar-refractivity contribution in [1.29, 1.82) is 0 Å². The monoisotopic (exact) mass is 267 g/mol. The predicted octanol–water partition coefficient (Wildman–Crippen LogP) is 3.01. The topological polar surface area (TPSA) is 21.3 Å². The van der Waals surface area contributed by atoms with Gasteiger partial charge >= 0.3 is 0 Å². The summed E-state index contributed by atoms with van der Waals surface area (Å²) in [5.41, 5.74) is 1.23. The predicted molar refractivity (Wildman–Crippen MR) is 64.6 cm³/mol. The van der Waals surface area contributed by atoms with Gasteiger partial charge in [-0.15, -0.1) is 0 Å². The molecule has 1 aromatic carbocycles. The number of hydrogen-bond donors (Lipinski definition) is 1. The lowest BCUT2D eigenvalue weighted by atomic mass is 10.1. The van der Waals surface area contributed by atoms with Gasteiger partial charge in [0.1, 0.15) is 5.76 Å². The van der Waals surface area contributed by atoms with E-state index in [1.54, 1.807) is 0 Å². The van der Waals surface area contributed by atoms with Crippen molar-refractivity contribution in [2.75, 3.05) is 13.7 Å². The van der Waals surface area contributed by atoms with Crippen LogP contribution in [0.2, 0.25) is 0 Å². The van der Waals surface area contributed by atoms with Gasteiger partial charge in [-0.3, -0.25) is 0 Å². The molecule has 0 saturated heterocycles. The second-order valence-electron chi connectivity index (χ2n) is 3.52. The molecule has 0 amide bonds. The van der Waals surface area contributed by atoms with E-state index in [2.05, 4.69) is 51.6 Å². The Kier molecular flexibility index (Phi) is 3.44. The Morgan fingerprint density at radius 2 is 2.07 bits per heavy atom. The van der Waals surface area contributed by atoms with Gasteiger partial charge in [0.25, 0.3) is 0 Å². The van der Waals surface area contributed by atoms with Gasteiger partial charge in [-0.1, -0.05) is 28.1 Å². The minimum atomic E-state index is 0.181. The third-order valence-corrected chi connectivity index (χ3v) is 3.04. The van der Waals surface area contributed by atoms with Gasteiger partial charge in [-0.25, -0.2) is 0 Å². The molecule has 0 aromatic heterocycles. The Morgan fingerprint density at radius 1 is 1.33 bits per heavy atom. The number of hydrogen-bond acceptors (Lipinski definition) is 2. The second kappa shape index (κ2) is 4.81. The molecule has 2 rings (SSSR count). The van der Waals surface area contributed by atoms with E-state index in [4.69, 9.17) is 4.74 Å². The van der Waals surface area contributed by atoms with Gasteiger partial charge < -0.3 is 10.1 Å². The zero-order valence-corrected chi connectivity index (χ0v) is 10.3. The molecule has 0 aliphatic carbocycles. The smallest absolute Gasteiger partial charge is 0.114 e. The van der Waals surface area contributed by atoms with Crippen LogP contribution in [-0.4, -0.2) is 13.7 Å². The number of likely N-dealkylation sites (N-methyl/N-ethyl adjacent to an activating group) is 1. The number of rotatable bonds is 3. The summed E-state index contributed by atoms with van der Waals surface area (Å²) in [6.45, 7) is 0.810. The highest BCUT2D eigenvalue weighted by atomic mass is 79.9. The molecule has 0 bridgehead atoms. The third kappa shape index (κ3) is 2.41. The lowest BCUT2D eigenvalue weighted by molar-refractivity contribution is 0.218. The van der Waals surface area contributed by atoms with E-state index in [0.29, 0.717) is 0 Å². The van der Waals surface area contributed by atoms with Gasteiger partial charge in [-0.05, 0) is 30.8 Å². The lowest BCUT2D eigenvalue weighted by Crippen LogP contribution is -2.18. The average Bonchev–Trinajstić information content (AvgIpc) is 2.75. The van der Waals surface area contributed by atoms with Crippen LogP contribution >= 0.6 is 15.9 Å². The van der Waals surface area contributed by atoms with Crippen LogP contribution in [0.15, 0.2) is 40.6 Å². The first-order valence-corrected chi connectivity index (χ1v) is 5.86. The molecule has 1 unspecified atom stereocenters. The lowest BCUT2D eigenvalue weighted by Gasteiger charge is -2.17. The fourth-order valence-corrected chi connectivity index (χ4v) is 2.03. The van der Waals surface area contributed by atoms with E-state index in [9.17, 15) is 0 Å². The van der Waals surface area contributed by atoms with Crippen molar-refractivity contribution in [3.05, 3.63) is 46.1 Å². The summed E-state index contributed by atoms with van der Waals surface area (Å²) in [4.78, 5) is 0. The van der Waals surface area contributed by atoms with E-state index >= 15 is 0 Å². The molecule has 1 aliphatic heterocycles. The van der Waals surface area contributed by atoms with Crippen LogP contribution in [0, 0.1) is 0 Å². The zero-order chi connectivity index (χ0) is 10.7. The Labute approximate surface area is 98.5 Å². The standard InChI is InChI=1S/C12H14BrNO/c1-14-12(11-3-2-8-15-11)9-4-6-10(13)7-5-9/h3-7,12,14H,2,8H2,1H3. The van der Waals surface area contributed by atoms with Gasteiger partial charge in [0.15, 0.2) is 0 Å². The Bertz CT molecular complexity index is 358. The van der Waals surface area contributed by atoms with E-state index < -0.39 is 0 Å². The molecule has 80 valence electrons. The summed E-state index contributed by atoms with van der Waals surface area (Å²) in [5.74, 6) is 1.04. The maximum Gasteiger partial charge on any atom is 0.114 e. The number of nitrogens with one attached hydrogen (secondary N) is 1. The van der Waals surface area contributed by atoms with Crippen LogP contribution in [-0.2, 0) is 4.74 Å². The molecule has 0 fully saturated rings. The number of ether oxygens (including phenoxy) is 1. The van der Waals surface area contributed by atoms with Crippen LogP contribution in [0.25, 0.3) is 0 Å². The molecule has 15 heavy (non-hydrogen) atoms. The van der Waals surface area contributed by atoms with Crippen molar-refractivity contribution < 1.29 is 4.74 Å². The van der Waals surface area contributed by atoms with E-state index in [0.717, 1.165) is 23.3 Å². The zero-order valence-electron chi connectivity index (χ0n) is 8.66. The Hall–Kier alpha value is -0.800.